The molecule has 0 unspecified atom stereocenters. The molecule has 1 N–H and O–H groups in total. The number of anilines is 1. The number of aryl methyl sites for hydroxylation is 1. The molecule has 2 fully saturated rings. The van der Waals surface area contributed by atoms with E-state index in [0.717, 1.165) is 31.0 Å². The van der Waals surface area contributed by atoms with Crippen LogP contribution in [0.15, 0.2) is 46.9 Å². The fraction of sp³-hybridized carbons (Fsp3) is 0.429. The molecule has 1 aromatic heterocycles. The van der Waals surface area contributed by atoms with Crippen LogP contribution in [0.25, 0.3) is 0 Å². The summed E-state index contributed by atoms with van der Waals surface area (Å²) >= 11 is 0. The molecule has 0 atom stereocenters. The van der Waals surface area contributed by atoms with Gasteiger partial charge < -0.3 is 19.5 Å². The molecule has 6 heteroatoms. The predicted molar refractivity (Wildman–Crippen MR) is 103 cm³/mol. The Bertz CT molecular complexity index is 818. The summed E-state index contributed by atoms with van der Waals surface area (Å²) in [6.45, 7) is 4.53. The van der Waals surface area contributed by atoms with E-state index < -0.39 is 5.54 Å². The third kappa shape index (κ3) is 3.44. The van der Waals surface area contributed by atoms with Crippen LogP contribution in [-0.2, 0) is 4.79 Å². The van der Waals surface area contributed by atoms with Crippen LogP contribution in [0.1, 0.15) is 35.6 Å². The predicted octanol–water partition coefficient (Wildman–Crippen LogP) is 2.91. The van der Waals surface area contributed by atoms with E-state index in [1.807, 2.05) is 42.2 Å². The zero-order valence-corrected chi connectivity index (χ0v) is 15.6. The van der Waals surface area contributed by atoms with Gasteiger partial charge in [-0.2, -0.15) is 0 Å². The lowest BCUT2D eigenvalue weighted by Gasteiger charge is -2.46. The maximum absolute atomic E-state index is 13.2. The molecule has 0 spiro atoms. The van der Waals surface area contributed by atoms with Gasteiger partial charge in [0.1, 0.15) is 11.3 Å². The third-order valence-corrected chi connectivity index (χ3v) is 5.57. The Morgan fingerprint density at radius 1 is 0.963 bits per heavy atom. The minimum atomic E-state index is -0.655. The van der Waals surface area contributed by atoms with Crippen LogP contribution in [0.2, 0.25) is 0 Å². The van der Waals surface area contributed by atoms with Gasteiger partial charge in [-0.05, 0) is 50.5 Å². The first kappa shape index (κ1) is 17.6. The highest BCUT2D eigenvalue weighted by atomic mass is 16.3. The van der Waals surface area contributed by atoms with E-state index in [1.54, 1.807) is 17.0 Å². The summed E-state index contributed by atoms with van der Waals surface area (Å²) in [6, 6.07) is 13.4. The fourth-order valence-corrected chi connectivity index (χ4v) is 3.81. The number of hydrogen-bond acceptors (Lipinski definition) is 4. The molecule has 2 aliphatic rings. The molecular weight excluding hydrogens is 342 g/mol. The number of carbonyl (C=O) groups is 2. The van der Waals surface area contributed by atoms with Crippen molar-refractivity contribution in [2.24, 2.45) is 0 Å². The van der Waals surface area contributed by atoms with Gasteiger partial charge >= 0.3 is 0 Å². The summed E-state index contributed by atoms with van der Waals surface area (Å²) in [5.74, 6) is 1.14. The Balaban J connectivity index is 1.51. The molecule has 0 radical (unpaired) electrons. The lowest BCUT2D eigenvalue weighted by molar-refractivity contribution is -0.141. The van der Waals surface area contributed by atoms with Gasteiger partial charge in [0.15, 0.2) is 5.76 Å². The summed E-state index contributed by atoms with van der Waals surface area (Å²) in [6.07, 6.45) is 2.24. The molecule has 0 aliphatic carbocycles. The average Bonchev–Trinajstić information content (AvgIpc) is 3.07. The Kier molecular flexibility index (Phi) is 4.64. The molecule has 2 amide bonds. The van der Waals surface area contributed by atoms with Crippen molar-refractivity contribution in [3.05, 3.63) is 54.0 Å². The molecule has 0 saturated carbocycles. The monoisotopic (exact) mass is 367 g/mol. The molecule has 6 nitrogen and oxygen atoms in total. The van der Waals surface area contributed by atoms with E-state index in [2.05, 4.69) is 5.32 Å². The van der Waals surface area contributed by atoms with E-state index in [1.165, 1.54) is 0 Å². The van der Waals surface area contributed by atoms with Crippen LogP contribution in [0.3, 0.4) is 0 Å². The van der Waals surface area contributed by atoms with Crippen molar-refractivity contribution in [2.75, 3.05) is 31.5 Å². The van der Waals surface area contributed by atoms with Crippen molar-refractivity contribution >= 4 is 17.5 Å². The Morgan fingerprint density at radius 2 is 1.67 bits per heavy atom. The summed E-state index contributed by atoms with van der Waals surface area (Å²) in [7, 11) is 0. The Hall–Kier alpha value is -2.76. The van der Waals surface area contributed by atoms with Crippen LogP contribution >= 0.6 is 0 Å². The zero-order chi connectivity index (χ0) is 18.9. The number of nitrogens with zero attached hydrogens (tertiary/aromatic N) is 2. The van der Waals surface area contributed by atoms with E-state index >= 15 is 0 Å². The van der Waals surface area contributed by atoms with Crippen LogP contribution in [-0.4, -0.2) is 53.3 Å². The van der Waals surface area contributed by atoms with E-state index in [9.17, 15) is 9.59 Å². The largest absolute Gasteiger partial charge is 0.456 e. The molecule has 27 heavy (non-hydrogen) atoms. The quantitative estimate of drug-likeness (QED) is 0.902. The van der Waals surface area contributed by atoms with Crippen molar-refractivity contribution in [1.29, 1.82) is 0 Å². The summed E-state index contributed by atoms with van der Waals surface area (Å²) in [4.78, 5) is 29.6. The minimum absolute atomic E-state index is 0.104. The van der Waals surface area contributed by atoms with Crippen LogP contribution in [0.4, 0.5) is 5.69 Å². The van der Waals surface area contributed by atoms with Crippen molar-refractivity contribution in [3.8, 4) is 0 Å². The third-order valence-electron chi connectivity index (χ3n) is 5.57. The number of carbonyl (C=O) groups excluding carboxylic acids is 2. The zero-order valence-electron chi connectivity index (χ0n) is 15.6. The van der Waals surface area contributed by atoms with Gasteiger partial charge in [-0.3, -0.25) is 9.59 Å². The molecule has 142 valence electrons. The second kappa shape index (κ2) is 7.10. The lowest BCUT2D eigenvalue weighted by atomic mass is 9.84. The molecule has 1 aromatic carbocycles. The average molecular weight is 367 g/mol. The Labute approximate surface area is 159 Å². The van der Waals surface area contributed by atoms with Crippen molar-refractivity contribution in [1.82, 2.24) is 9.80 Å². The number of rotatable bonds is 4. The summed E-state index contributed by atoms with van der Waals surface area (Å²) < 4.78 is 5.48. The number of furan rings is 1. The second-order valence-electron chi connectivity index (χ2n) is 7.42. The van der Waals surface area contributed by atoms with E-state index in [0.29, 0.717) is 31.7 Å². The molecule has 2 aliphatic heterocycles. The van der Waals surface area contributed by atoms with Crippen molar-refractivity contribution in [2.45, 2.75) is 31.7 Å². The molecule has 3 heterocycles. The van der Waals surface area contributed by atoms with Gasteiger partial charge in [-0.25, -0.2) is 0 Å². The van der Waals surface area contributed by atoms with Gasteiger partial charge in [-0.15, -0.1) is 0 Å². The molecule has 4 rings (SSSR count). The molecule has 2 aromatic rings. The number of para-hydroxylation sites is 1. The van der Waals surface area contributed by atoms with Gasteiger partial charge in [0, 0.05) is 31.9 Å². The summed E-state index contributed by atoms with van der Waals surface area (Å²) in [5.41, 5.74) is 0.283. The van der Waals surface area contributed by atoms with E-state index in [-0.39, 0.29) is 11.8 Å². The highest BCUT2D eigenvalue weighted by Crippen LogP contribution is 2.31. The first-order chi connectivity index (χ1) is 13.1. The Morgan fingerprint density at radius 3 is 2.22 bits per heavy atom. The van der Waals surface area contributed by atoms with Crippen LogP contribution in [0, 0.1) is 6.92 Å². The first-order valence-electron chi connectivity index (χ1n) is 9.56. The number of benzene rings is 1. The van der Waals surface area contributed by atoms with Crippen molar-refractivity contribution in [3.63, 3.8) is 0 Å². The maximum atomic E-state index is 13.2. The van der Waals surface area contributed by atoms with Gasteiger partial charge in [0.2, 0.25) is 5.91 Å². The van der Waals surface area contributed by atoms with Gasteiger partial charge in [0.25, 0.3) is 5.91 Å². The summed E-state index contributed by atoms with van der Waals surface area (Å²) in [5, 5.41) is 3.49. The van der Waals surface area contributed by atoms with Gasteiger partial charge in [0.05, 0.1) is 0 Å². The minimum Gasteiger partial charge on any atom is -0.456 e. The first-order valence-corrected chi connectivity index (χ1v) is 9.56. The topological polar surface area (TPSA) is 65.8 Å². The number of hydrogen-bond donors (Lipinski definition) is 1. The molecule has 0 bridgehead atoms. The second-order valence-corrected chi connectivity index (χ2v) is 7.42. The highest BCUT2D eigenvalue weighted by Gasteiger charge is 2.45. The lowest BCUT2D eigenvalue weighted by Crippen LogP contribution is -2.62. The maximum Gasteiger partial charge on any atom is 0.289 e. The number of piperidine rings is 1. The molecular formula is C21H25N3O3. The fourth-order valence-electron chi connectivity index (χ4n) is 3.81. The van der Waals surface area contributed by atoms with E-state index in [4.69, 9.17) is 4.42 Å². The van der Waals surface area contributed by atoms with Crippen LogP contribution < -0.4 is 5.32 Å². The highest BCUT2D eigenvalue weighted by molar-refractivity contribution is 5.93. The standard InChI is InChI=1S/C21H25N3O3/c1-16-8-9-18(27-16)19(25)23-14-10-21(11-15-23,20(26)24-12-5-13-24)22-17-6-3-2-4-7-17/h2-4,6-9,22H,5,10-15H2,1H3. The SMILES string of the molecule is Cc1ccc(C(=O)N2CCC(Nc3ccccc3)(C(=O)N3CCC3)CC2)o1. The normalized spacial score (nSPS) is 18.7. The number of amides is 2. The number of nitrogens with one attached hydrogen (secondary N) is 1. The van der Waals surface area contributed by atoms with Crippen LogP contribution in [0.5, 0.6) is 0 Å². The van der Waals surface area contributed by atoms with Crippen molar-refractivity contribution < 1.29 is 14.0 Å². The van der Waals surface area contributed by atoms with Gasteiger partial charge in [-0.1, -0.05) is 18.2 Å². The molecule has 2 saturated heterocycles. The smallest absolute Gasteiger partial charge is 0.289 e. The number of likely N-dealkylation sites (tertiary alicyclic amines) is 2.